The van der Waals surface area contributed by atoms with Crippen LogP contribution in [-0.4, -0.2) is 18.6 Å². The van der Waals surface area contributed by atoms with Gasteiger partial charge in [0.25, 0.3) is 0 Å². The van der Waals surface area contributed by atoms with Crippen LogP contribution in [0.3, 0.4) is 0 Å². The molecule has 1 unspecified atom stereocenters. The van der Waals surface area contributed by atoms with Crippen molar-refractivity contribution in [2.75, 3.05) is 13.7 Å². The zero-order valence-electron chi connectivity index (χ0n) is 11.7. The Hall–Kier alpha value is -1.56. The summed E-state index contributed by atoms with van der Waals surface area (Å²) < 4.78 is 7.46. The van der Waals surface area contributed by atoms with E-state index in [1.165, 1.54) is 10.3 Å². The van der Waals surface area contributed by atoms with Gasteiger partial charge in [0.1, 0.15) is 5.75 Å². The molecule has 0 saturated carbocycles. The molecule has 2 N–H and O–H groups in total. The first kappa shape index (κ1) is 14.4. The third-order valence-corrected chi connectivity index (χ3v) is 5.63. The predicted octanol–water partition coefficient (Wildman–Crippen LogP) is 4.10. The van der Waals surface area contributed by atoms with E-state index in [9.17, 15) is 0 Å². The molecule has 3 rings (SSSR count). The van der Waals surface area contributed by atoms with E-state index in [0.29, 0.717) is 6.54 Å². The van der Waals surface area contributed by atoms with Gasteiger partial charge in [-0.25, -0.2) is 4.98 Å². The van der Waals surface area contributed by atoms with E-state index >= 15 is 0 Å². The summed E-state index contributed by atoms with van der Waals surface area (Å²) >= 11 is 3.44. The molecule has 0 fully saturated rings. The van der Waals surface area contributed by atoms with Crippen molar-refractivity contribution in [3.05, 3.63) is 54.1 Å². The van der Waals surface area contributed by atoms with Gasteiger partial charge in [0.15, 0.2) is 4.34 Å². The summed E-state index contributed by atoms with van der Waals surface area (Å²) in [5.41, 5.74) is 8.19. The van der Waals surface area contributed by atoms with Crippen LogP contribution in [0.4, 0.5) is 0 Å². The lowest BCUT2D eigenvalue weighted by molar-refractivity contribution is 0.414. The average molecular weight is 316 g/mol. The summed E-state index contributed by atoms with van der Waals surface area (Å²) in [4.78, 5) is 4.66. The van der Waals surface area contributed by atoms with E-state index in [4.69, 9.17) is 10.5 Å². The molecule has 3 aromatic rings. The number of ether oxygens (including phenoxy) is 1. The van der Waals surface area contributed by atoms with Crippen LogP contribution in [0.1, 0.15) is 10.8 Å². The van der Waals surface area contributed by atoms with Crippen molar-refractivity contribution in [1.29, 1.82) is 0 Å². The maximum absolute atomic E-state index is 5.94. The largest absolute Gasteiger partial charge is 0.497 e. The van der Waals surface area contributed by atoms with Crippen molar-refractivity contribution in [1.82, 2.24) is 4.98 Å². The zero-order chi connectivity index (χ0) is 14.7. The molecule has 21 heavy (non-hydrogen) atoms. The smallest absolute Gasteiger partial charge is 0.151 e. The topological polar surface area (TPSA) is 48.1 Å². The number of nitrogens with zero attached hydrogens (tertiary/aromatic N) is 1. The van der Waals surface area contributed by atoms with Crippen LogP contribution in [0.2, 0.25) is 0 Å². The Kier molecular flexibility index (Phi) is 4.43. The molecule has 0 aliphatic heterocycles. The fraction of sp³-hybridized carbons (Fsp3) is 0.188. The van der Waals surface area contributed by atoms with E-state index in [1.807, 2.05) is 30.3 Å². The molecule has 0 aliphatic carbocycles. The monoisotopic (exact) mass is 316 g/mol. The van der Waals surface area contributed by atoms with Gasteiger partial charge in [0, 0.05) is 11.8 Å². The Balaban J connectivity index is 1.82. The van der Waals surface area contributed by atoms with Gasteiger partial charge in [-0.15, -0.1) is 11.3 Å². The van der Waals surface area contributed by atoms with E-state index in [0.717, 1.165) is 15.6 Å². The van der Waals surface area contributed by atoms with Crippen LogP contribution in [0.25, 0.3) is 10.2 Å². The fourth-order valence-corrected chi connectivity index (χ4v) is 4.39. The first-order chi connectivity index (χ1) is 10.3. The van der Waals surface area contributed by atoms with Gasteiger partial charge in [-0.3, -0.25) is 0 Å². The normalized spacial score (nSPS) is 12.5. The first-order valence-corrected chi connectivity index (χ1v) is 8.36. The number of thioether (sulfide) groups is 1. The highest BCUT2D eigenvalue weighted by Crippen LogP contribution is 2.38. The molecule has 3 nitrogen and oxygen atoms in total. The molecule has 0 spiro atoms. The first-order valence-electron chi connectivity index (χ1n) is 6.66. The standard InChI is InChI=1S/C16H16N2OS2/c1-19-12-8-6-11(7-9-12)15(10-17)21-16-18-13-4-2-3-5-14(13)20-16/h2-9,15H,10,17H2,1H3. The van der Waals surface area contributed by atoms with Crippen molar-refractivity contribution in [3.8, 4) is 5.75 Å². The van der Waals surface area contributed by atoms with Crippen LogP contribution in [0.15, 0.2) is 52.9 Å². The van der Waals surface area contributed by atoms with Gasteiger partial charge in [-0.1, -0.05) is 36.0 Å². The fourth-order valence-electron chi connectivity index (χ4n) is 2.09. The molecule has 0 aliphatic rings. The number of methoxy groups -OCH3 is 1. The van der Waals surface area contributed by atoms with E-state index in [-0.39, 0.29) is 5.25 Å². The minimum absolute atomic E-state index is 0.205. The second-order valence-corrected chi connectivity index (χ2v) is 7.04. The highest BCUT2D eigenvalue weighted by molar-refractivity contribution is 8.01. The number of hydrogen-bond donors (Lipinski definition) is 1. The SMILES string of the molecule is COc1ccc(C(CN)Sc2nc3ccccc3s2)cc1. The Labute approximate surface area is 132 Å². The molecule has 1 aromatic heterocycles. The van der Waals surface area contributed by atoms with Gasteiger partial charge in [-0.2, -0.15) is 0 Å². The molecule has 1 heterocycles. The average Bonchev–Trinajstić information content (AvgIpc) is 2.95. The van der Waals surface area contributed by atoms with Crippen molar-refractivity contribution in [2.45, 2.75) is 9.59 Å². The van der Waals surface area contributed by atoms with Gasteiger partial charge < -0.3 is 10.5 Å². The zero-order valence-corrected chi connectivity index (χ0v) is 13.3. The summed E-state index contributed by atoms with van der Waals surface area (Å²) in [5, 5.41) is 0.205. The summed E-state index contributed by atoms with van der Waals surface area (Å²) in [6.07, 6.45) is 0. The van der Waals surface area contributed by atoms with Crippen molar-refractivity contribution in [3.63, 3.8) is 0 Å². The Morgan fingerprint density at radius 1 is 1.19 bits per heavy atom. The molecular weight excluding hydrogens is 300 g/mol. The lowest BCUT2D eigenvalue weighted by atomic mass is 10.1. The third kappa shape index (κ3) is 3.20. The van der Waals surface area contributed by atoms with E-state index in [1.54, 1.807) is 30.2 Å². The van der Waals surface area contributed by atoms with Crippen molar-refractivity contribution in [2.24, 2.45) is 5.73 Å². The van der Waals surface area contributed by atoms with Gasteiger partial charge in [0.05, 0.1) is 17.3 Å². The van der Waals surface area contributed by atoms with Gasteiger partial charge in [-0.05, 0) is 29.8 Å². The summed E-state index contributed by atoms with van der Waals surface area (Å²) in [6.45, 7) is 0.576. The quantitative estimate of drug-likeness (QED) is 0.720. The highest BCUT2D eigenvalue weighted by atomic mass is 32.2. The van der Waals surface area contributed by atoms with Crippen LogP contribution >= 0.6 is 23.1 Å². The molecule has 0 amide bonds. The molecule has 0 bridgehead atoms. The lowest BCUT2D eigenvalue weighted by Crippen LogP contribution is -2.09. The van der Waals surface area contributed by atoms with Crippen LogP contribution in [0.5, 0.6) is 5.75 Å². The number of fused-ring (bicyclic) bond motifs is 1. The second kappa shape index (κ2) is 6.47. The molecule has 108 valence electrons. The van der Waals surface area contributed by atoms with Gasteiger partial charge >= 0.3 is 0 Å². The number of thiazole rings is 1. The Bertz CT molecular complexity index is 691. The molecule has 2 aromatic carbocycles. The summed E-state index contributed by atoms with van der Waals surface area (Å²) in [5.74, 6) is 0.861. The second-order valence-electron chi connectivity index (χ2n) is 4.56. The van der Waals surface area contributed by atoms with Crippen LogP contribution in [0, 0.1) is 0 Å². The molecule has 1 atom stereocenters. The number of nitrogens with two attached hydrogens (primary N) is 1. The number of rotatable bonds is 5. The minimum atomic E-state index is 0.205. The minimum Gasteiger partial charge on any atom is -0.497 e. The number of para-hydroxylation sites is 1. The third-order valence-electron chi connectivity index (χ3n) is 3.22. The molecule has 0 radical (unpaired) electrons. The molecule has 0 saturated heterocycles. The van der Waals surface area contributed by atoms with Crippen LogP contribution < -0.4 is 10.5 Å². The van der Waals surface area contributed by atoms with Crippen molar-refractivity contribution < 1.29 is 4.74 Å². The van der Waals surface area contributed by atoms with E-state index in [2.05, 4.69) is 23.2 Å². The highest BCUT2D eigenvalue weighted by Gasteiger charge is 2.14. The Morgan fingerprint density at radius 3 is 2.62 bits per heavy atom. The van der Waals surface area contributed by atoms with E-state index < -0.39 is 0 Å². The molecule has 5 heteroatoms. The summed E-state index contributed by atoms with van der Waals surface area (Å²) in [6, 6.07) is 16.3. The number of hydrogen-bond acceptors (Lipinski definition) is 5. The number of aromatic nitrogens is 1. The predicted molar refractivity (Wildman–Crippen MR) is 90.3 cm³/mol. The maximum Gasteiger partial charge on any atom is 0.151 e. The molecular formula is C16H16N2OS2. The maximum atomic E-state index is 5.94. The van der Waals surface area contributed by atoms with Crippen LogP contribution in [-0.2, 0) is 0 Å². The lowest BCUT2D eigenvalue weighted by Gasteiger charge is -2.13. The summed E-state index contributed by atoms with van der Waals surface area (Å²) in [7, 11) is 1.67. The number of benzene rings is 2. The Morgan fingerprint density at radius 2 is 1.95 bits per heavy atom. The van der Waals surface area contributed by atoms with Crippen molar-refractivity contribution >= 4 is 33.3 Å². The van der Waals surface area contributed by atoms with Gasteiger partial charge in [0.2, 0.25) is 0 Å².